The van der Waals surface area contributed by atoms with Gasteiger partial charge in [-0.2, -0.15) is 0 Å². The van der Waals surface area contributed by atoms with E-state index in [1.807, 2.05) is 32.0 Å². The number of methoxy groups -OCH3 is 2. The average Bonchev–Trinajstić information content (AvgIpc) is 3.11. The first kappa shape index (κ1) is 20.4. The number of aromatic nitrogens is 1. The number of benzene rings is 1. The lowest BCUT2D eigenvalue weighted by Crippen LogP contribution is -2.36. The molecule has 0 saturated carbocycles. The minimum atomic E-state index is -0.587. The summed E-state index contributed by atoms with van der Waals surface area (Å²) in [6.07, 6.45) is 1.87. The maximum atomic E-state index is 12.8. The number of aryl methyl sites for hydroxylation is 2. The van der Waals surface area contributed by atoms with Crippen LogP contribution in [0, 0.1) is 13.8 Å². The Morgan fingerprint density at radius 3 is 2.70 bits per heavy atom. The van der Waals surface area contributed by atoms with Crippen molar-refractivity contribution in [3.63, 3.8) is 0 Å². The molecule has 1 heterocycles. The Labute approximate surface area is 158 Å². The molecule has 0 unspecified atom stereocenters. The summed E-state index contributed by atoms with van der Waals surface area (Å²) in [7, 11) is 2.88. The van der Waals surface area contributed by atoms with E-state index in [1.54, 1.807) is 12.0 Å². The SMILES string of the molecule is COCCCN(Cc1nc(C(=O)OC)co1)C(=O)Nc1ccc(C)cc1C. The molecular weight excluding hydrogens is 350 g/mol. The fourth-order valence-corrected chi connectivity index (χ4v) is 2.55. The van der Waals surface area contributed by atoms with E-state index in [4.69, 9.17) is 9.15 Å². The second kappa shape index (κ2) is 9.72. The Hall–Kier alpha value is -2.87. The van der Waals surface area contributed by atoms with Crippen molar-refractivity contribution in [3.8, 4) is 0 Å². The summed E-state index contributed by atoms with van der Waals surface area (Å²) in [6.45, 7) is 5.02. The minimum Gasteiger partial charge on any atom is -0.464 e. The molecule has 146 valence electrons. The zero-order valence-electron chi connectivity index (χ0n) is 16.1. The molecule has 27 heavy (non-hydrogen) atoms. The van der Waals surface area contributed by atoms with E-state index in [2.05, 4.69) is 15.0 Å². The fraction of sp³-hybridized carbons (Fsp3) is 0.421. The van der Waals surface area contributed by atoms with Gasteiger partial charge in [-0.25, -0.2) is 14.6 Å². The van der Waals surface area contributed by atoms with E-state index in [0.717, 1.165) is 16.8 Å². The molecule has 1 aromatic carbocycles. The maximum Gasteiger partial charge on any atom is 0.360 e. The van der Waals surface area contributed by atoms with Crippen LogP contribution < -0.4 is 5.32 Å². The number of rotatable bonds is 8. The summed E-state index contributed by atoms with van der Waals surface area (Å²) >= 11 is 0. The molecule has 0 aliphatic rings. The number of ether oxygens (including phenoxy) is 2. The molecule has 2 rings (SSSR count). The lowest BCUT2D eigenvalue weighted by Gasteiger charge is -2.22. The van der Waals surface area contributed by atoms with Gasteiger partial charge in [0.25, 0.3) is 0 Å². The van der Waals surface area contributed by atoms with Gasteiger partial charge in [-0.05, 0) is 31.9 Å². The van der Waals surface area contributed by atoms with Gasteiger partial charge in [-0.1, -0.05) is 17.7 Å². The van der Waals surface area contributed by atoms with Crippen LogP contribution >= 0.6 is 0 Å². The van der Waals surface area contributed by atoms with E-state index >= 15 is 0 Å². The van der Waals surface area contributed by atoms with E-state index in [1.165, 1.54) is 13.4 Å². The summed E-state index contributed by atoms with van der Waals surface area (Å²) in [5, 5.41) is 2.91. The minimum absolute atomic E-state index is 0.0686. The Morgan fingerprint density at radius 1 is 1.26 bits per heavy atom. The van der Waals surface area contributed by atoms with Crippen molar-refractivity contribution in [1.82, 2.24) is 9.88 Å². The molecular formula is C19H25N3O5. The second-order valence-electron chi connectivity index (χ2n) is 6.13. The van der Waals surface area contributed by atoms with Crippen molar-refractivity contribution in [2.45, 2.75) is 26.8 Å². The molecule has 2 amide bonds. The highest BCUT2D eigenvalue weighted by atomic mass is 16.5. The standard InChI is InChI=1S/C19H25N3O5/c1-13-6-7-15(14(2)10-13)21-19(24)22(8-5-9-25-3)11-17-20-16(12-27-17)18(23)26-4/h6-7,10,12H,5,8-9,11H2,1-4H3,(H,21,24). The topological polar surface area (TPSA) is 93.9 Å². The Balaban J connectivity index is 2.11. The molecule has 0 bridgehead atoms. The van der Waals surface area contributed by atoms with Gasteiger partial charge in [0.15, 0.2) is 5.69 Å². The quantitative estimate of drug-likeness (QED) is 0.563. The van der Waals surface area contributed by atoms with Gasteiger partial charge in [0.2, 0.25) is 5.89 Å². The molecule has 0 spiro atoms. The first-order valence-corrected chi connectivity index (χ1v) is 8.59. The summed E-state index contributed by atoms with van der Waals surface area (Å²) in [6, 6.07) is 5.53. The van der Waals surface area contributed by atoms with E-state index < -0.39 is 5.97 Å². The van der Waals surface area contributed by atoms with Crippen LogP contribution in [0.5, 0.6) is 0 Å². The molecule has 1 N–H and O–H groups in total. The summed E-state index contributed by atoms with van der Waals surface area (Å²) in [4.78, 5) is 29.9. The predicted octanol–water partition coefficient (Wildman–Crippen LogP) is 3.15. The van der Waals surface area contributed by atoms with Crippen LogP contribution in [0.25, 0.3) is 0 Å². The van der Waals surface area contributed by atoms with Gasteiger partial charge >= 0.3 is 12.0 Å². The highest BCUT2D eigenvalue weighted by Gasteiger charge is 2.19. The highest BCUT2D eigenvalue weighted by molar-refractivity contribution is 5.90. The number of nitrogens with one attached hydrogen (secondary N) is 1. The van der Waals surface area contributed by atoms with Gasteiger partial charge in [0, 0.05) is 25.9 Å². The highest BCUT2D eigenvalue weighted by Crippen LogP contribution is 2.17. The number of nitrogens with zero attached hydrogens (tertiary/aromatic N) is 2. The van der Waals surface area contributed by atoms with Crippen molar-refractivity contribution >= 4 is 17.7 Å². The molecule has 0 aliphatic heterocycles. The van der Waals surface area contributed by atoms with Crippen LogP contribution in [-0.4, -0.2) is 49.3 Å². The molecule has 0 radical (unpaired) electrons. The summed E-state index contributed by atoms with van der Waals surface area (Å²) in [5.41, 5.74) is 2.91. The number of oxazole rings is 1. The molecule has 0 aliphatic carbocycles. The number of hydrogen-bond acceptors (Lipinski definition) is 6. The van der Waals surface area contributed by atoms with Crippen molar-refractivity contribution in [2.75, 3.05) is 32.7 Å². The van der Waals surface area contributed by atoms with Crippen LogP contribution in [-0.2, 0) is 16.0 Å². The van der Waals surface area contributed by atoms with Crippen LogP contribution in [0.3, 0.4) is 0 Å². The van der Waals surface area contributed by atoms with E-state index in [0.29, 0.717) is 19.6 Å². The van der Waals surface area contributed by atoms with Gasteiger partial charge < -0.3 is 24.1 Å². The first-order valence-electron chi connectivity index (χ1n) is 8.59. The van der Waals surface area contributed by atoms with Crippen molar-refractivity contribution in [2.24, 2.45) is 0 Å². The van der Waals surface area contributed by atoms with Crippen LogP contribution in [0.4, 0.5) is 10.5 Å². The summed E-state index contributed by atoms with van der Waals surface area (Å²) < 4.78 is 15.0. The lowest BCUT2D eigenvalue weighted by atomic mass is 10.1. The molecule has 0 atom stereocenters. The van der Waals surface area contributed by atoms with Crippen LogP contribution in [0.1, 0.15) is 33.9 Å². The normalized spacial score (nSPS) is 10.5. The number of carbonyl (C=O) groups is 2. The molecule has 2 aromatic rings. The third-order valence-corrected chi connectivity index (χ3v) is 3.96. The number of carbonyl (C=O) groups excluding carboxylic acids is 2. The predicted molar refractivity (Wildman–Crippen MR) is 99.7 cm³/mol. The maximum absolute atomic E-state index is 12.8. The molecule has 8 nitrogen and oxygen atoms in total. The van der Waals surface area contributed by atoms with Gasteiger partial charge in [0.1, 0.15) is 6.26 Å². The fourth-order valence-electron chi connectivity index (χ4n) is 2.55. The third kappa shape index (κ3) is 5.82. The average molecular weight is 375 g/mol. The molecule has 1 aromatic heterocycles. The largest absolute Gasteiger partial charge is 0.464 e. The number of hydrogen-bond donors (Lipinski definition) is 1. The van der Waals surface area contributed by atoms with Crippen LogP contribution in [0.15, 0.2) is 28.9 Å². The van der Waals surface area contributed by atoms with E-state index in [-0.39, 0.29) is 24.2 Å². The van der Waals surface area contributed by atoms with E-state index in [9.17, 15) is 9.59 Å². The monoisotopic (exact) mass is 375 g/mol. The zero-order valence-corrected chi connectivity index (χ0v) is 16.1. The van der Waals surface area contributed by atoms with Gasteiger partial charge in [0.05, 0.1) is 13.7 Å². The molecule has 0 fully saturated rings. The smallest absolute Gasteiger partial charge is 0.360 e. The Bertz CT molecular complexity index is 787. The number of urea groups is 1. The Morgan fingerprint density at radius 2 is 2.04 bits per heavy atom. The first-order chi connectivity index (χ1) is 12.9. The number of esters is 1. The molecule has 0 saturated heterocycles. The van der Waals surface area contributed by atoms with Crippen molar-refractivity contribution < 1.29 is 23.5 Å². The van der Waals surface area contributed by atoms with Gasteiger partial charge in [-0.3, -0.25) is 0 Å². The summed E-state index contributed by atoms with van der Waals surface area (Å²) in [5.74, 6) is -0.334. The number of anilines is 1. The molecule has 8 heteroatoms. The zero-order chi connectivity index (χ0) is 19.8. The van der Waals surface area contributed by atoms with Crippen molar-refractivity contribution in [3.05, 3.63) is 47.2 Å². The van der Waals surface area contributed by atoms with Crippen molar-refractivity contribution in [1.29, 1.82) is 0 Å². The van der Waals surface area contributed by atoms with Gasteiger partial charge in [-0.15, -0.1) is 0 Å². The second-order valence-corrected chi connectivity index (χ2v) is 6.13. The van der Waals surface area contributed by atoms with Crippen LogP contribution in [0.2, 0.25) is 0 Å². The number of amides is 2. The Kier molecular flexibility index (Phi) is 7.36. The lowest BCUT2D eigenvalue weighted by molar-refractivity contribution is 0.0594. The third-order valence-electron chi connectivity index (χ3n) is 3.96.